The molecular weight excluding hydrogens is 216 g/mol. The Hall–Kier alpha value is -0.810. The molecule has 2 aliphatic rings. The Bertz CT molecular complexity index is 282. The second kappa shape index (κ2) is 5.69. The minimum atomic E-state index is 0.353. The topological polar surface area (TPSA) is 65.1 Å². The van der Waals surface area contributed by atoms with Gasteiger partial charge in [-0.25, -0.2) is 0 Å². The van der Waals surface area contributed by atoms with Gasteiger partial charge in [-0.1, -0.05) is 12.1 Å². The molecule has 0 saturated carbocycles. The van der Waals surface area contributed by atoms with Crippen molar-refractivity contribution in [2.45, 2.75) is 44.7 Å². The number of rotatable bonds is 4. The van der Waals surface area contributed by atoms with Crippen molar-refractivity contribution in [2.24, 2.45) is 10.9 Å². The fourth-order valence-corrected chi connectivity index (χ4v) is 3.16. The van der Waals surface area contributed by atoms with Gasteiger partial charge in [0.1, 0.15) is 5.84 Å². The molecule has 5 heteroatoms. The molecule has 2 rings (SSSR count). The summed E-state index contributed by atoms with van der Waals surface area (Å²) in [6, 6.07) is 1.17. The van der Waals surface area contributed by atoms with Gasteiger partial charge in [0.15, 0.2) is 0 Å². The van der Waals surface area contributed by atoms with Crippen LogP contribution in [0.25, 0.3) is 0 Å². The molecule has 0 aromatic carbocycles. The van der Waals surface area contributed by atoms with Crippen LogP contribution in [-0.2, 0) is 0 Å². The highest BCUT2D eigenvalue weighted by molar-refractivity contribution is 5.80. The standard InChI is InChI=1S/C12H24N4O/c1-2-10(8-12(13)14-17)16-7-6-15-5-3-4-11(15)9-16/h10-11,17H,2-9H2,1H3,(H2,13,14). The zero-order chi connectivity index (χ0) is 12.3. The molecule has 2 atom stereocenters. The lowest BCUT2D eigenvalue weighted by atomic mass is 10.0. The van der Waals surface area contributed by atoms with Crippen LogP contribution < -0.4 is 5.73 Å². The van der Waals surface area contributed by atoms with Crippen molar-refractivity contribution in [3.63, 3.8) is 0 Å². The van der Waals surface area contributed by atoms with Gasteiger partial charge in [-0.05, 0) is 25.8 Å². The number of nitrogens with zero attached hydrogens (tertiary/aromatic N) is 3. The number of hydrogen-bond donors (Lipinski definition) is 2. The lowest BCUT2D eigenvalue weighted by Crippen LogP contribution is -2.53. The molecule has 2 aliphatic heterocycles. The predicted molar refractivity (Wildman–Crippen MR) is 68.3 cm³/mol. The Labute approximate surface area is 103 Å². The van der Waals surface area contributed by atoms with E-state index in [1.165, 1.54) is 25.9 Å². The first-order valence-electron chi connectivity index (χ1n) is 6.69. The fraction of sp³-hybridized carbons (Fsp3) is 0.917. The average Bonchev–Trinajstić information content (AvgIpc) is 2.82. The van der Waals surface area contributed by atoms with E-state index in [0.29, 0.717) is 18.3 Å². The van der Waals surface area contributed by atoms with Gasteiger partial charge in [-0.15, -0.1) is 0 Å². The molecule has 0 aromatic rings. The second-order valence-electron chi connectivity index (χ2n) is 5.18. The van der Waals surface area contributed by atoms with Crippen molar-refractivity contribution in [1.82, 2.24) is 9.80 Å². The molecule has 0 radical (unpaired) electrons. The first-order valence-corrected chi connectivity index (χ1v) is 6.69. The maximum atomic E-state index is 8.66. The van der Waals surface area contributed by atoms with Gasteiger partial charge in [-0.3, -0.25) is 9.80 Å². The lowest BCUT2D eigenvalue weighted by Gasteiger charge is -2.41. The van der Waals surface area contributed by atoms with Gasteiger partial charge in [-0.2, -0.15) is 0 Å². The van der Waals surface area contributed by atoms with Crippen LogP contribution in [0, 0.1) is 0 Å². The van der Waals surface area contributed by atoms with E-state index in [1.54, 1.807) is 0 Å². The number of hydrogen-bond acceptors (Lipinski definition) is 4. The third kappa shape index (κ3) is 2.90. The minimum Gasteiger partial charge on any atom is -0.409 e. The smallest absolute Gasteiger partial charge is 0.140 e. The monoisotopic (exact) mass is 240 g/mol. The molecule has 0 aromatic heterocycles. The number of fused-ring (bicyclic) bond motifs is 1. The van der Waals surface area contributed by atoms with E-state index in [9.17, 15) is 0 Å². The van der Waals surface area contributed by atoms with Crippen molar-refractivity contribution in [3.8, 4) is 0 Å². The van der Waals surface area contributed by atoms with Gasteiger partial charge in [0.25, 0.3) is 0 Å². The van der Waals surface area contributed by atoms with Gasteiger partial charge in [0, 0.05) is 38.1 Å². The molecule has 0 amide bonds. The maximum Gasteiger partial charge on any atom is 0.140 e. The largest absolute Gasteiger partial charge is 0.409 e. The van der Waals surface area contributed by atoms with Gasteiger partial charge >= 0.3 is 0 Å². The summed E-state index contributed by atoms with van der Waals surface area (Å²) in [6.07, 6.45) is 4.41. The second-order valence-corrected chi connectivity index (χ2v) is 5.18. The number of piperazine rings is 1. The average molecular weight is 240 g/mol. The zero-order valence-electron chi connectivity index (χ0n) is 10.7. The van der Waals surface area contributed by atoms with E-state index in [2.05, 4.69) is 21.9 Å². The molecule has 5 nitrogen and oxygen atoms in total. The Morgan fingerprint density at radius 3 is 3.00 bits per heavy atom. The summed E-state index contributed by atoms with van der Waals surface area (Å²) >= 11 is 0. The minimum absolute atomic E-state index is 0.353. The number of amidine groups is 1. The molecule has 2 unspecified atom stereocenters. The third-order valence-electron chi connectivity index (χ3n) is 4.18. The van der Waals surface area contributed by atoms with Crippen molar-refractivity contribution in [1.29, 1.82) is 0 Å². The van der Waals surface area contributed by atoms with Crippen LogP contribution in [0.15, 0.2) is 5.16 Å². The highest BCUT2D eigenvalue weighted by atomic mass is 16.4. The van der Waals surface area contributed by atoms with Crippen molar-refractivity contribution < 1.29 is 5.21 Å². The first kappa shape index (κ1) is 12.6. The molecule has 17 heavy (non-hydrogen) atoms. The van der Waals surface area contributed by atoms with Crippen LogP contribution in [0.3, 0.4) is 0 Å². The van der Waals surface area contributed by atoms with E-state index >= 15 is 0 Å². The van der Waals surface area contributed by atoms with E-state index < -0.39 is 0 Å². The molecule has 0 bridgehead atoms. The summed E-state index contributed by atoms with van der Waals surface area (Å²) in [6.45, 7) is 6.90. The summed E-state index contributed by atoms with van der Waals surface area (Å²) in [5, 5.41) is 11.8. The van der Waals surface area contributed by atoms with Crippen LogP contribution in [0.2, 0.25) is 0 Å². The van der Waals surface area contributed by atoms with Crippen LogP contribution in [0.5, 0.6) is 0 Å². The molecular formula is C12H24N4O. The zero-order valence-corrected chi connectivity index (χ0v) is 10.7. The van der Waals surface area contributed by atoms with E-state index in [-0.39, 0.29) is 0 Å². The Kier molecular flexibility index (Phi) is 4.23. The third-order valence-corrected chi connectivity index (χ3v) is 4.18. The highest BCUT2D eigenvalue weighted by Crippen LogP contribution is 2.24. The number of nitrogens with two attached hydrogens (primary N) is 1. The Balaban J connectivity index is 1.91. The first-order chi connectivity index (χ1) is 8.24. The van der Waals surface area contributed by atoms with Crippen LogP contribution in [-0.4, -0.2) is 59.1 Å². The summed E-state index contributed by atoms with van der Waals surface area (Å²) in [5.74, 6) is 0.353. The molecule has 0 spiro atoms. The summed E-state index contributed by atoms with van der Waals surface area (Å²) in [4.78, 5) is 5.12. The predicted octanol–water partition coefficient (Wildman–Crippen LogP) is 0.682. The summed E-state index contributed by atoms with van der Waals surface area (Å²) < 4.78 is 0. The normalized spacial score (nSPS) is 29.2. The quantitative estimate of drug-likeness (QED) is 0.328. The van der Waals surface area contributed by atoms with Gasteiger partial charge in [0.05, 0.1) is 0 Å². The SMILES string of the molecule is CCC(CC(N)=NO)N1CCN2CCCC2C1. The van der Waals surface area contributed by atoms with E-state index in [4.69, 9.17) is 10.9 Å². The van der Waals surface area contributed by atoms with Gasteiger partial charge < -0.3 is 10.9 Å². The molecule has 2 fully saturated rings. The van der Waals surface area contributed by atoms with Crippen LogP contribution in [0.4, 0.5) is 0 Å². The maximum absolute atomic E-state index is 8.66. The van der Waals surface area contributed by atoms with Crippen molar-refractivity contribution in [3.05, 3.63) is 0 Å². The molecule has 98 valence electrons. The van der Waals surface area contributed by atoms with Crippen molar-refractivity contribution >= 4 is 5.84 Å². The summed E-state index contributed by atoms with van der Waals surface area (Å²) in [5.41, 5.74) is 5.63. The molecule has 0 aliphatic carbocycles. The van der Waals surface area contributed by atoms with E-state index in [0.717, 1.165) is 25.6 Å². The number of oxime groups is 1. The Morgan fingerprint density at radius 1 is 1.47 bits per heavy atom. The van der Waals surface area contributed by atoms with Crippen LogP contribution in [0.1, 0.15) is 32.6 Å². The molecule has 2 saturated heterocycles. The highest BCUT2D eigenvalue weighted by Gasteiger charge is 2.32. The van der Waals surface area contributed by atoms with Crippen molar-refractivity contribution in [2.75, 3.05) is 26.2 Å². The Morgan fingerprint density at radius 2 is 2.29 bits per heavy atom. The van der Waals surface area contributed by atoms with Crippen LogP contribution >= 0.6 is 0 Å². The molecule has 3 N–H and O–H groups in total. The van der Waals surface area contributed by atoms with E-state index in [1.807, 2.05) is 0 Å². The lowest BCUT2D eigenvalue weighted by molar-refractivity contribution is 0.0718. The summed E-state index contributed by atoms with van der Waals surface area (Å²) in [7, 11) is 0. The molecule has 2 heterocycles. The van der Waals surface area contributed by atoms with Gasteiger partial charge in [0.2, 0.25) is 0 Å². The fourth-order valence-electron chi connectivity index (χ4n) is 3.16.